The summed E-state index contributed by atoms with van der Waals surface area (Å²) in [4.78, 5) is 0. The van der Waals surface area contributed by atoms with Gasteiger partial charge in [0, 0.05) is 6.42 Å². The number of nitrogens with zero attached hydrogens (tertiary/aromatic N) is 2. The minimum Gasteiger partial charge on any atom is -0.142 e. The quantitative estimate of drug-likeness (QED) is 0.797. The van der Waals surface area contributed by atoms with E-state index in [1.54, 1.807) is 11.3 Å². The minimum atomic E-state index is 0.890. The zero-order chi connectivity index (χ0) is 9.10. The fourth-order valence-electron chi connectivity index (χ4n) is 1.08. The first-order valence-electron chi connectivity index (χ1n) is 3.86. The van der Waals surface area contributed by atoms with Gasteiger partial charge in [0.2, 0.25) is 0 Å². The van der Waals surface area contributed by atoms with Crippen LogP contribution in [0.3, 0.4) is 0 Å². The second kappa shape index (κ2) is 4.15. The van der Waals surface area contributed by atoms with Gasteiger partial charge in [-0.2, -0.15) is 0 Å². The molecule has 13 heavy (non-hydrogen) atoms. The van der Waals surface area contributed by atoms with E-state index < -0.39 is 0 Å². The van der Waals surface area contributed by atoms with E-state index in [2.05, 4.69) is 44.9 Å². The maximum atomic E-state index is 4.07. The van der Waals surface area contributed by atoms with Crippen molar-refractivity contribution in [3.63, 3.8) is 0 Å². The minimum absolute atomic E-state index is 0.890. The summed E-state index contributed by atoms with van der Waals surface area (Å²) < 4.78 is 1.00. The molecule has 0 unspecified atom stereocenters. The van der Waals surface area contributed by atoms with Crippen LogP contribution in [0.2, 0.25) is 0 Å². The summed E-state index contributed by atoms with van der Waals surface area (Å²) >= 11 is 3.84. The molecule has 0 amide bonds. The van der Waals surface area contributed by atoms with Crippen LogP contribution in [0, 0.1) is 3.01 Å². The fraction of sp³-hybridized carbons (Fsp3) is 0.111. The number of hydrogen-bond acceptors (Lipinski definition) is 3. The van der Waals surface area contributed by atoms with Gasteiger partial charge < -0.3 is 0 Å². The van der Waals surface area contributed by atoms with Crippen molar-refractivity contribution in [2.45, 2.75) is 6.42 Å². The SMILES string of the molecule is Ic1nnc(Cc2ccccc2)s1. The second-order valence-electron chi connectivity index (χ2n) is 2.61. The predicted molar refractivity (Wildman–Crippen MR) is 61.9 cm³/mol. The second-order valence-corrected chi connectivity index (χ2v) is 5.43. The summed E-state index contributed by atoms with van der Waals surface area (Å²) in [6.45, 7) is 0. The summed E-state index contributed by atoms with van der Waals surface area (Å²) in [7, 11) is 0. The molecule has 4 heteroatoms. The standard InChI is InChI=1S/C9H7IN2S/c10-9-12-11-8(13-9)6-7-4-2-1-3-5-7/h1-5H,6H2. The van der Waals surface area contributed by atoms with Crippen LogP contribution in [0.25, 0.3) is 0 Å². The number of benzene rings is 1. The molecule has 0 atom stereocenters. The topological polar surface area (TPSA) is 25.8 Å². The van der Waals surface area contributed by atoms with Crippen molar-refractivity contribution in [2.24, 2.45) is 0 Å². The molecule has 0 aliphatic carbocycles. The van der Waals surface area contributed by atoms with Crippen LogP contribution in [-0.4, -0.2) is 10.2 Å². The Kier molecular flexibility index (Phi) is 2.90. The molecule has 0 saturated heterocycles. The molecule has 0 saturated carbocycles. The van der Waals surface area contributed by atoms with Crippen molar-refractivity contribution in [3.8, 4) is 0 Å². The van der Waals surface area contributed by atoms with Crippen molar-refractivity contribution in [1.82, 2.24) is 10.2 Å². The highest BCUT2D eigenvalue weighted by atomic mass is 127. The lowest BCUT2D eigenvalue weighted by atomic mass is 10.2. The van der Waals surface area contributed by atoms with Crippen molar-refractivity contribution >= 4 is 33.9 Å². The van der Waals surface area contributed by atoms with E-state index in [-0.39, 0.29) is 0 Å². The third-order valence-corrected chi connectivity index (χ3v) is 3.23. The number of halogens is 1. The van der Waals surface area contributed by atoms with Gasteiger partial charge in [-0.25, -0.2) is 0 Å². The largest absolute Gasteiger partial charge is 0.178 e. The Morgan fingerprint density at radius 3 is 2.54 bits per heavy atom. The molecule has 2 aromatic rings. The molecule has 66 valence electrons. The van der Waals surface area contributed by atoms with Gasteiger partial charge in [0.25, 0.3) is 0 Å². The van der Waals surface area contributed by atoms with Crippen molar-refractivity contribution in [1.29, 1.82) is 0 Å². The third-order valence-electron chi connectivity index (χ3n) is 1.64. The van der Waals surface area contributed by atoms with Gasteiger partial charge >= 0.3 is 0 Å². The van der Waals surface area contributed by atoms with Crippen LogP contribution >= 0.6 is 33.9 Å². The van der Waals surface area contributed by atoms with Crippen LogP contribution in [0.1, 0.15) is 10.6 Å². The summed E-state index contributed by atoms with van der Waals surface area (Å²) in [5.41, 5.74) is 1.29. The summed E-state index contributed by atoms with van der Waals surface area (Å²) in [5, 5.41) is 9.12. The summed E-state index contributed by atoms with van der Waals surface area (Å²) in [5.74, 6) is 0. The smallest absolute Gasteiger partial charge is 0.142 e. The van der Waals surface area contributed by atoms with Crippen LogP contribution in [0.15, 0.2) is 30.3 Å². The lowest BCUT2D eigenvalue weighted by Gasteiger charge is -1.94. The molecule has 1 aromatic heterocycles. The molecule has 0 spiro atoms. The van der Waals surface area contributed by atoms with Gasteiger partial charge in [-0.1, -0.05) is 41.7 Å². The van der Waals surface area contributed by atoms with Gasteiger partial charge in [-0.05, 0) is 28.2 Å². The van der Waals surface area contributed by atoms with E-state index >= 15 is 0 Å². The Labute approximate surface area is 94.2 Å². The van der Waals surface area contributed by atoms with Gasteiger partial charge in [0.05, 0.1) is 0 Å². The number of aromatic nitrogens is 2. The zero-order valence-electron chi connectivity index (χ0n) is 6.77. The molecular weight excluding hydrogens is 295 g/mol. The zero-order valence-corrected chi connectivity index (χ0v) is 9.75. The Balaban J connectivity index is 2.15. The highest BCUT2D eigenvalue weighted by Gasteiger charge is 2.01. The van der Waals surface area contributed by atoms with Crippen molar-refractivity contribution < 1.29 is 0 Å². The maximum Gasteiger partial charge on any atom is 0.178 e. The van der Waals surface area contributed by atoms with E-state index in [0.29, 0.717) is 0 Å². The molecule has 0 fully saturated rings. The van der Waals surface area contributed by atoms with Crippen molar-refractivity contribution in [2.75, 3.05) is 0 Å². The highest BCUT2D eigenvalue weighted by Crippen LogP contribution is 2.15. The van der Waals surface area contributed by atoms with Gasteiger partial charge in [-0.3, -0.25) is 0 Å². The Morgan fingerprint density at radius 1 is 1.15 bits per heavy atom. The lowest BCUT2D eigenvalue weighted by molar-refractivity contribution is 0.991. The average Bonchev–Trinajstić information content (AvgIpc) is 2.53. The van der Waals surface area contributed by atoms with Gasteiger partial charge in [-0.15, -0.1) is 10.2 Å². The highest BCUT2D eigenvalue weighted by molar-refractivity contribution is 14.1. The molecule has 0 bridgehead atoms. The van der Waals surface area contributed by atoms with E-state index in [1.807, 2.05) is 18.2 Å². The van der Waals surface area contributed by atoms with Crippen LogP contribution in [0.4, 0.5) is 0 Å². The van der Waals surface area contributed by atoms with E-state index in [4.69, 9.17) is 0 Å². The lowest BCUT2D eigenvalue weighted by Crippen LogP contribution is -1.85. The van der Waals surface area contributed by atoms with E-state index in [9.17, 15) is 0 Å². The van der Waals surface area contributed by atoms with Crippen LogP contribution < -0.4 is 0 Å². The Morgan fingerprint density at radius 2 is 1.92 bits per heavy atom. The molecule has 2 nitrogen and oxygen atoms in total. The first kappa shape index (κ1) is 9.08. The Hall–Kier alpha value is -0.490. The molecule has 0 aliphatic heterocycles. The Bertz CT molecular complexity index is 386. The van der Waals surface area contributed by atoms with Crippen LogP contribution in [-0.2, 0) is 6.42 Å². The fourth-order valence-corrected chi connectivity index (χ4v) is 2.54. The maximum absolute atomic E-state index is 4.07. The first-order chi connectivity index (χ1) is 6.34. The molecule has 2 rings (SSSR count). The summed E-state index contributed by atoms with van der Waals surface area (Å²) in [6, 6.07) is 10.3. The number of hydrogen-bond donors (Lipinski definition) is 0. The van der Waals surface area contributed by atoms with Crippen LogP contribution in [0.5, 0.6) is 0 Å². The average molecular weight is 302 g/mol. The molecule has 1 aromatic carbocycles. The van der Waals surface area contributed by atoms with E-state index in [1.165, 1.54) is 5.56 Å². The van der Waals surface area contributed by atoms with Gasteiger partial charge in [0.15, 0.2) is 3.01 Å². The normalized spacial score (nSPS) is 10.2. The molecule has 0 radical (unpaired) electrons. The monoisotopic (exact) mass is 302 g/mol. The molecular formula is C9H7IN2S. The van der Waals surface area contributed by atoms with Gasteiger partial charge in [0.1, 0.15) is 5.01 Å². The van der Waals surface area contributed by atoms with E-state index in [0.717, 1.165) is 14.4 Å². The number of rotatable bonds is 2. The molecule has 0 aliphatic rings. The van der Waals surface area contributed by atoms with Crippen molar-refractivity contribution in [3.05, 3.63) is 43.9 Å². The summed E-state index contributed by atoms with van der Waals surface area (Å²) in [6.07, 6.45) is 0.890. The third kappa shape index (κ3) is 2.47. The molecule has 0 N–H and O–H groups in total. The predicted octanol–water partition coefficient (Wildman–Crippen LogP) is 2.73. The molecule has 1 heterocycles. The first-order valence-corrected chi connectivity index (χ1v) is 5.76.